The summed E-state index contributed by atoms with van der Waals surface area (Å²) >= 11 is 1.50. The first-order valence-corrected chi connectivity index (χ1v) is 8.74. The van der Waals surface area contributed by atoms with Crippen LogP contribution < -0.4 is 0 Å². The minimum Gasteiger partial charge on any atom is -0.461 e. The van der Waals surface area contributed by atoms with Crippen LogP contribution in [0.1, 0.15) is 28.5 Å². The lowest BCUT2D eigenvalue weighted by Gasteiger charge is -2.20. The van der Waals surface area contributed by atoms with Gasteiger partial charge in [0.15, 0.2) is 5.69 Å². The summed E-state index contributed by atoms with van der Waals surface area (Å²) in [5, 5.41) is 0.729. The van der Waals surface area contributed by atoms with E-state index in [1.54, 1.807) is 19.4 Å². The molecule has 124 valence electrons. The summed E-state index contributed by atoms with van der Waals surface area (Å²) in [6.45, 7) is 2.10. The molecule has 0 N–H and O–H groups in total. The Bertz CT molecular complexity index is 964. The summed E-state index contributed by atoms with van der Waals surface area (Å²) in [4.78, 5) is 22.0. The maximum Gasteiger partial charge on any atom is 0.359 e. The van der Waals surface area contributed by atoms with Gasteiger partial charge in [-0.3, -0.25) is 4.57 Å². The van der Waals surface area contributed by atoms with Crippen molar-refractivity contribution in [2.45, 2.75) is 11.9 Å². The average molecular weight is 349 g/mol. The molecular weight excluding hydrogens is 334 g/mol. The zero-order chi connectivity index (χ0) is 17.2. The largest absolute Gasteiger partial charge is 0.461 e. The van der Waals surface area contributed by atoms with Crippen LogP contribution in [-0.2, 0) is 4.74 Å². The molecule has 4 rings (SSSR count). The zero-order valence-electron chi connectivity index (χ0n) is 13.5. The van der Waals surface area contributed by atoms with Gasteiger partial charge in [-0.05, 0) is 30.7 Å². The third kappa shape index (κ3) is 2.85. The number of hydrogen-bond donors (Lipinski definition) is 0. The lowest BCUT2D eigenvalue weighted by atomic mass is 10.1. The number of hydrogen-bond acceptors (Lipinski definition) is 5. The van der Waals surface area contributed by atoms with Gasteiger partial charge in [0.05, 0.1) is 6.61 Å². The van der Waals surface area contributed by atoms with E-state index in [1.807, 2.05) is 47.0 Å². The molecule has 0 aliphatic carbocycles. The summed E-state index contributed by atoms with van der Waals surface area (Å²) in [5.74, 6) is 0.351. The fraction of sp³-hybridized carbons (Fsp3) is 0.105. The SMILES string of the molecule is CCOC(=O)c1ncn2c1S/C(=C/c1ccccc1)c1cccnc1-2. The predicted octanol–water partition coefficient (Wildman–Crippen LogP) is 4.05. The highest BCUT2D eigenvalue weighted by molar-refractivity contribution is 8.08. The number of aromatic nitrogens is 3. The minimum absolute atomic E-state index is 0.317. The molecule has 3 heterocycles. The summed E-state index contributed by atoms with van der Waals surface area (Å²) in [6.07, 6.45) is 5.46. The van der Waals surface area contributed by atoms with Gasteiger partial charge in [-0.2, -0.15) is 0 Å². The van der Waals surface area contributed by atoms with E-state index in [2.05, 4.69) is 16.0 Å². The molecule has 5 nitrogen and oxygen atoms in total. The van der Waals surface area contributed by atoms with Crippen LogP contribution in [0.3, 0.4) is 0 Å². The number of imidazole rings is 1. The molecule has 0 fully saturated rings. The predicted molar refractivity (Wildman–Crippen MR) is 97.5 cm³/mol. The highest BCUT2D eigenvalue weighted by Gasteiger charge is 2.28. The number of ether oxygens (including phenoxy) is 1. The van der Waals surface area contributed by atoms with Crippen LogP contribution in [0.15, 0.2) is 60.0 Å². The standard InChI is InChI=1S/C19H15N3O2S/c1-2-24-19(23)16-18-22(12-21-16)17-14(9-6-10-20-17)15(25-18)11-13-7-4-3-5-8-13/h3-12H,2H2,1H3/b15-11+. The smallest absolute Gasteiger partial charge is 0.359 e. The minimum atomic E-state index is -0.415. The number of nitrogens with zero attached hydrogens (tertiary/aromatic N) is 3. The second-order valence-electron chi connectivity index (χ2n) is 5.38. The monoisotopic (exact) mass is 349 g/mol. The molecule has 6 heteroatoms. The maximum absolute atomic E-state index is 12.2. The summed E-state index contributed by atoms with van der Waals surface area (Å²) in [5.41, 5.74) is 2.42. The molecule has 1 aromatic carbocycles. The van der Waals surface area contributed by atoms with Crippen LogP contribution in [0.2, 0.25) is 0 Å². The molecule has 0 bridgehead atoms. The first-order valence-electron chi connectivity index (χ1n) is 7.92. The second kappa shape index (κ2) is 6.57. The Morgan fingerprint density at radius 3 is 2.84 bits per heavy atom. The molecule has 0 saturated carbocycles. The van der Waals surface area contributed by atoms with Gasteiger partial charge < -0.3 is 4.74 Å². The molecule has 0 saturated heterocycles. The zero-order valence-corrected chi connectivity index (χ0v) is 14.4. The Hall–Kier alpha value is -2.86. The molecule has 1 aliphatic heterocycles. The fourth-order valence-corrected chi connectivity index (χ4v) is 3.81. The van der Waals surface area contributed by atoms with Crippen LogP contribution in [0, 0.1) is 0 Å². The van der Waals surface area contributed by atoms with E-state index in [1.165, 1.54) is 11.8 Å². The molecule has 3 aromatic rings. The van der Waals surface area contributed by atoms with Crippen LogP contribution in [0.4, 0.5) is 0 Å². The van der Waals surface area contributed by atoms with E-state index in [4.69, 9.17) is 4.74 Å². The van der Waals surface area contributed by atoms with Crippen molar-refractivity contribution in [3.05, 3.63) is 71.8 Å². The van der Waals surface area contributed by atoms with E-state index < -0.39 is 5.97 Å². The van der Waals surface area contributed by atoms with E-state index in [0.717, 1.165) is 26.9 Å². The van der Waals surface area contributed by atoms with Crippen molar-refractivity contribution in [2.75, 3.05) is 6.61 Å². The Morgan fingerprint density at radius 1 is 1.20 bits per heavy atom. The van der Waals surface area contributed by atoms with Gasteiger partial charge in [-0.25, -0.2) is 14.8 Å². The lowest BCUT2D eigenvalue weighted by Crippen LogP contribution is -2.11. The van der Waals surface area contributed by atoms with E-state index in [9.17, 15) is 4.79 Å². The first-order chi connectivity index (χ1) is 12.3. The number of fused-ring (bicyclic) bond motifs is 3. The van der Waals surface area contributed by atoms with Crippen molar-refractivity contribution in [3.8, 4) is 5.82 Å². The van der Waals surface area contributed by atoms with Crippen LogP contribution in [0.5, 0.6) is 0 Å². The number of carbonyl (C=O) groups excluding carboxylic acids is 1. The van der Waals surface area contributed by atoms with Crippen molar-refractivity contribution in [3.63, 3.8) is 0 Å². The Balaban J connectivity index is 1.85. The third-order valence-corrected chi connectivity index (χ3v) is 4.92. The maximum atomic E-state index is 12.2. The van der Waals surface area contributed by atoms with E-state index >= 15 is 0 Å². The number of pyridine rings is 1. The highest BCUT2D eigenvalue weighted by Crippen LogP contribution is 2.44. The molecule has 0 amide bonds. The van der Waals surface area contributed by atoms with Gasteiger partial charge in [0.25, 0.3) is 0 Å². The van der Waals surface area contributed by atoms with Gasteiger partial charge in [0, 0.05) is 16.7 Å². The quantitative estimate of drug-likeness (QED) is 0.668. The fourth-order valence-electron chi connectivity index (χ4n) is 2.67. The topological polar surface area (TPSA) is 57.0 Å². The average Bonchev–Trinajstić information content (AvgIpc) is 3.07. The Morgan fingerprint density at radius 2 is 2.04 bits per heavy atom. The van der Waals surface area contributed by atoms with Crippen molar-refractivity contribution in [1.82, 2.24) is 14.5 Å². The van der Waals surface area contributed by atoms with Crippen LogP contribution in [-0.4, -0.2) is 27.1 Å². The van der Waals surface area contributed by atoms with Gasteiger partial charge >= 0.3 is 5.97 Å². The van der Waals surface area contributed by atoms with Crippen molar-refractivity contribution in [1.29, 1.82) is 0 Å². The number of esters is 1. The number of thioether (sulfide) groups is 1. The Kier molecular flexibility index (Phi) is 4.11. The molecular formula is C19H15N3O2S. The molecule has 2 aromatic heterocycles. The number of benzene rings is 1. The molecule has 1 aliphatic rings. The lowest BCUT2D eigenvalue weighted by molar-refractivity contribution is 0.0515. The molecule has 25 heavy (non-hydrogen) atoms. The molecule has 0 atom stereocenters. The summed E-state index contributed by atoms with van der Waals surface area (Å²) < 4.78 is 6.97. The van der Waals surface area contributed by atoms with E-state index in [0.29, 0.717) is 12.3 Å². The van der Waals surface area contributed by atoms with Crippen LogP contribution >= 0.6 is 11.8 Å². The second-order valence-corrected chi connectivity index (χ2v) is 6.42. The van der Waals surface area contributed by atoms with Gasteiger partial charge in [-0.15, -0.1) is 0 Å². The molecule has 0 spiro atoms. The number of carbonyl (C=O) groups is 1. The van der Waals surface area contributed by atoms with Gasteiger partial charge in [-0.1, -0.05) is 42.1 Å². The van der Waals surface area contributed by atoms with Gasteiger partial charge in [0.2, 0.25) is 0 Å². The normalized spacial score (nSPS) is 14.0. The first kappa shape index (κ1) is 15.7. The van der Waals surface area contributed by atoms with E-state index in [-0.39, 0.29) is 0 Å². The summed E-state index contributed by atoms with van der Waals surface area (Å²) in [6, 6.07) is 14.0. The number of rotatable bonds is 3. The van der Waals surface area contributed by atoms with Crippen molar-refractivity contribution < 1.29 is 9.53 Å². The summed E-state index contributed by atoms with van der Waals surface area (Å²) in [7, 11) is 0. The molecule has 0 unspecified atom stereocenters. The van der Waals surface area contributed by atoms with Crippen molar-refractivity contribution >= 4 is 28.7 Å². The van der Waals surface area contributed by atoms with Crippen LogP contribution in [0.25, 0.3) is 16.8 Å². The Labute approximate surface area is 149 Å². The van der Waals surface area contributed by atoms with Crippen molar-refractivity contribution in [2.24, 2.45) is 0 Å². The van der Waals surface area contributed by atoms with Gasteiger partial charge in [0.1, 0.15) is 17.2 Å². The molecule has 0 radical (unpaired) electrons. The highest BCUT2D eigenvalue weighted by atomic mass is 32.2. The third-order valence-electron chi connectivity index (χ3n) is 3.78.